The molecule has 1 fully saturated rings. The van der Waals surface area contributed by atoms with Gasteiger partial charge in [0.1, 0.15) is 0 Å². The summed E-state index contributed by atoms with van der Waals surface area (Å²) in [6.45, 7) is 7.44. The third kappa shape index (κ3) is 3.04. The summed E-state index contributed by atoms with van der Waals surface area (Å²) in [5.41, 5.74) is 0. The minimum atomic E-state index is 0.00281. The van der Waals surface area contributed by atoms with Crippen LogP contribution in [0.25, 0.3) is 0 Å². The molecular weight excluding hydrogens is 192 g/mol. The van der Waals surface area contributed by atoms with Crippen molar-refractivity contribution in [1.82, 2.24) is 10.2 Å². The van der Waals surface area contributed by atoms with Crippen LogP contribution in [0.4, 0.5) is 0 Å². The van der Waals surface area contributed by atoms with Gasteiger partial charge in [0.15, 0.2) is 0 Å². The first-order valence-corrected chi connectivity index (χ1v) is 5.42. The quantitative estimate of drug-likeness (QED) is 0.498. The first kappa shape index (κ1) is 12.2. The van der Waals surface area contributed by atoms with Crippen LogP contribution in [0.15, 0.2) is 12.7 Å². The number of aliphatic hydroxyl groups is 1. The Hall–Kier alpha value is -0.870. The lowest BCUT2D eigenvalue weighted by Crippen LogP contribution is -2.44. The largest absolute Gasteiger partial charge is 0.394 e. The lowest BCUT2D eigenvalue weighted by atomic mass is 10.0. The molecule has 4 heteroatoms. The van der Waals surface area contributed by atoms with E-state index >= 15 is 0 Å². The molecule has 1 aliphatic rings. The number of nitrogens with one attached hydrogen (secondary N) is 1. The van der Waals surface area contributed by atoms with Gasteiger partial charge in [-0.2, -0.15) is 0 Å². The standard InChI is InChI=1S/C11H20N2O2/c1-3-5-12-7-11(15)13-6-4-9(2)10(13)8-14/h3,9-10,12,14H,1,4-8H2,2H3. The highest BCUT2D eigenvalue weighted by Gasteiger charge is 2.33. The molecule has 1 heterocycles. The Kier molecular flexibility index (Phi) is 4.78. The molecule has 0 saturated carbocycles. The van der Waals surface area contributed by atoms with E-state index in [0.717, 1.165) is 13.0 Å². The van der Waals surface area contributed by atoms with Crippen molar-refractivity contribution < 1.29 is 9.90 Å². The Morgan fingerprint density at radius 3 is 3.07 bits per heavy atom. The SMILES string of the molecule is C=CCNCC(=O)N1CCC(C)C1CO. The average molecular weight is 212 g/mol. The molecule has 0 aromatic heterocycles. The fraction of sp³-hybridized carbons (Fsp3) is 0.727. The van der Waals surface area contributed by atoms with Crippen LogP contribution >= 0.6 is 0 Å². The summed E-state index contributed by atoms with van der Waals surface area (Å²) in [7, 11) is 0. The van der Waals surface area contributed by atoms with Crippen LogP contribution in [0, 0.1) is 5.92 Å². The van der Waals surface area contributed by atoms with E-state index in [0.29, 0.717) is 19.0 Å². The van der Waals surface area contributed by atoms with Gasteiger partial charge in [-0.05, 0) is 12.3 Å². The van der Waals surface area contributed by atoms with Crippen molar-refractivity contribution in [3.05, 3.63) is 12.7 Å². The number of hydrogen-bond acceptors (Lipinski definition) is 3. The van der Waals surface area contributed by atoms with Gasteiger partial charge in [0.25, 0.3) is 0 Å². The van der Waals surface area contributed by atoms with E-state index < -0.39 is 0 Å². The molecule has 4 nitrogen and oxygen atoms in total. The van der Waals surface area contributed by atoms with E-state index in [1.165, 1.54) is 0 Å². The first-order valence-electron chi connectivity index (χ1n) is 5.42. The highest BCUT2D eigenvalue weighted by Crippen LogP contribution is 2.23. The van der Waals surface area contributed by atoms with Crippen molar-refractivity contribution in [1.29, 1.82) is 0 Å². The molecule has 0 spiro atoms. The molecule has 2 atom stereocenters. The minimum Gasteiger partial charge on any atom is -0.394 e. The zero-order valence-electron chi connectivity index (χ0n) is 9.28. The van der Waals surface area contributed by atoms with Crippen LogP contribution in [0.1, 0.15) is 13.3 Å². The van der Waals surface area contributed by atoms with Crippen molar-refractivity contribution in [3.8, 4) is 0 Å². The van der Waals surface area contributed by atoms with E-state index in [4.69, 9.17) is 0 Å². The predicted molar refractivity (Wildman–Crippen MR) is 59.4 cm³/mol. The highest BCUT2D eigenvalue weighted by molar-refractivity contribution is 5.79. The summed E-state index contributed by atoms with van der Waals surface area (Å²) < 4.78 is 0. The topological polar surface area (TPSA) is 52.6 Å². The van der Waals surface area contributed by atoms with E-state index in [2.05, 4.69) is 18.8 Å². The van der Waals surface area contributed by atoms with E-state index in [-0.39, 0.29) is 18.6 Å². The van der Waals surface area contributed by atoms with Crippen LogP contribution in [0.5, 0.6) is 0 Å². The van der Waals surface area contributed by atoms with Gasteiger partial charge in [0, 0.05) is 13.1 Å². The number of hydrogen-bond donors (Lipinski definition) is 2. The molecule has 0 aromatic rings. The smallest absolute Gasteiger partial charge is 0.236 e. The van der Waals surface area contributed by atoms with E-state index in [1.54, 1.807) is 11.0 Å². The molecule has 2 unspecified atom stereocenters. The monoisotopic (exact) mass is 212 g/mol. The molecule has 15 heavy (non-hydrogen) atoms. The second kappa shape index (κ2) is 5.88. The second-order valence-electron chi connectivity index (χ2n) is 4.02. The summed E-state index contributed by atoms with van der Waals surface area (Å²) >= 11 is 0. The molecule has 1 rings (SSSR count). The van der Waals surface area contributed by atoms with Crippen molar-refractivity contribution in [2.24, 2.45) is 5.92 Å². The number of nitrogens with zero attached hydrogens (tertiary/aromatic N) is 1. The zero-order valence-corrected chi connectivity index (χ0v) is 9.28. The Labute approximate surface area is 91.0 Å². The fourth-order valence-corrected chi connectivity index (χ4v) is 1.98. The minimum absolute atomic E-state index is 0.00281. The molecule has 86 valence electrons. The van der Waals surface area contributed by atoms with E-state index in [1.807, 2.05) is 0 Å². The van der Waals surface area contributed by atoms with Gasteiger partial charge < -0.3 is 15.3 Å². The molecule has 2 N–H and O–H groups in total. The lowest BCUT2D eigenvalue weighted by molar-refractivity contribution is -0.132. The zero-order chi connectivity index (χ0) is 11.3. The summed E-state index contributed by atoms with van der Waals surface area (Å²) in [6, 6.07) is 0.00281. The molecule has 1 aliphatic heterocycles. The Morgan fingerprint density at radius 2 is 2.47 bits per heavy atom. The summed E-state index contributed by atoms with van der Waals surface area (Å²) in [6.07, 6.45) is 2.71. The van der Waals surface area contributed by atoms with Gasteiger partial charge in [-0.1, -0.05) is 13.0 Å². The maximum absolute atomic E-state index is 11.8. The fourth-order valence-electron chi connectivity index (χ4n) is 1.98. The normalized spacial score (nSPS) is 25.6. The van der Waals surface area contributed by atoms with Crippen LogP contribution in [0.2, 0.25) is 0 Å². The summed E-state index contributed by atoms with van der Waals surface area (Å²) in [5, 5.41) is 12.2. The molecule has 1 amide bonds. The predicted octanol–water partition coefficient (Wildman–Crippen LogP) is -0.00870. The van der Waals surface area contributed by atoms with Gasteiger partial charge >= 0.3 is 0 Å². The Morgan fingerprint density at radius 1 is 1.73 bits per heavy atom. The third-order valence-electron chi connectivity index (χ3n) is 2.95. The maximum atomic E-state index is 11.8. The summed E-state index contributed by atoms with van der Waals surface area (Å²) in [4.78, 5) is 13.5. The molecule has 0 aromatic carbocycles. The van der Waals surface area contributed by atoms with Gasteiger partial charge in [-0.3, -0.25) is 4.79 Å². The van der Waals surface area contributed by atoms with Gasteiger partial charge in [-0.15, -0.1) is 6.58 Å². The second-order valence-corrected chi connectivity index (χ2v) is 4.02. The van der Waals surface area contributed by atoms with Gasteiger partial charge in [-0.25, -0.2) is 0 Å². The Balaban J connectivity index is 2.41. The van der Waals surface area contributed by atoms with Crippen LogP contribution in [-0.4, -0.2) is 48.2 Å². The van der Waals surface area contributed by atoms with Crippen LogP contribution in [0.3, 0.4) is 0 Å². The van der Waals surface area contributed by atoms with E-state index in [9.17, 15) is 9.90 Å². The molecule has 0 aliphatic carbocycles. The third-order valence-corrected chi connectivity index (χ3v) is 2.95. The van der Waals surface area contributed by atoms with Crippen molar-refractivity contribution in [2.45, 2.75) is 19.4 Å². The summed E-state index contributed by atoms with van der Waals surface area (Å²) in [5.74, 6) is 0.471. The van der Waals surface area contributed by atoms with Crippen molar-refractivity contribution >= 4 is 5.91 Å². The number of carbonyl (C=O) groups excluding carboxylic acids is 1. The van der Waals surface area contributed by atoms with Crippen molar-refractivity contribution in [2.75, 3.05) is 26.2 Å². The average Bonchev–Trinajstić information content (AvgIpc) is 2.59. The number of rotatable bonds is 5. The molecule has 0 radical (unpaired) electrons. The number of aliphatic hydroxyl groups excluding tert-OH is 1. The Bertz CT molecular complexity index is 231. The van der Waals surface area contributed by atoms with Gasteiger partial charge in [0.2, 0.25) is 5.91 Å². The van der Waals surface area contributed by atoms with Crippen molar-refractivity contribution in [3.63, 3.8) is 0 Å². The lowest BCUT2D eigenvalue weighted by Gasteiger charge is -2.25. The first-order chi connectivity index (χ1) is 7.20. The van der Waals surface area contributed by atoms with Gasteiger partial charge in [0.05, 0.1) is 19.2 Å². The van der Waals surface area contributed by atoms with Crippen LogP contribution < -0.4 is 5.32 Å². The number of carbonyl (C=O) groups is 1. The molecule has 1 saturated heterocycles. The molecule has 0 bridgehead atoms. The number of amides is 1. The number of likely N-dealkylation sites (tertiary alicyclic amines) is 1. The molecular formula is C11H20N2O2. The highest BCUT2D eigenvalue weighted by atomic mass is 16.3. The maximum Gasteiger partial charge on any atom is 0.236 e. The van der Waals surface area contributed by atoms with Crippen LogP contribution in [-0.2, 0) is 4.79 Å².